The van der Waals surface area contributed by atoms with Crippen molar-refractivity contribution in [3.8, 4) is 0 Å². The Labute approximate surface area is 88.9 Å². The SMILES string of the molecule is COC(=O)Cc1ccc(C(C)(C)C)s1. The standard InChI is InChI=1S/C11H16O2S/c1-11(2,3)9-6-5-8(14-9)7-10(12)13-4/h5-6H,7H2,1-4H3. The maximum absolute atomic E-state index is 11.0. The Morgan fingerprint density at radius 3 is 2.50 bits per heavy atom. The highest BCUT2D eigenvalue weighted by Crippen LogP contribution is 2.29. The molecule has 0 aliphatic carbocycles. The average Bonchev–Trinajstić information content (AvgIpc) is 2.51. The van der Waals surface area contributed by atoms with Crippen LogP contribution in [0.15, 0.2) is 12.1 Å². The maximum atomic E-state index is 11.0. The number of hydrogen-bond acceptors (Lipinski definition) is 3. The van der Waals surface area contributed by atoms with Crippen LogP contribution in [0.5, 0.6) is 0 Å². The van der Waals surface area contributed by atoms with Gasteiger partial charge >= 0.3 is 5.97 Å². The van der Waals surface area contributed by atoms with Gasteiger partial charge in [0.1, 0.15) is 0 Å². The first-order valence-electron chi connectivity index (χ1n) is 4.59. The Bertz CT molecular complexity index is 320. The van der Waals surface area contributed by atoms with Gasteiger partial charge in [0.2, 0.25) is 0 Å². The van der Waals surface area contributed by atoms with Gasteiger partial charge in [-0.15, -0.1) is 11.3 Å². The number of thiophene rings is 1. The molecule has 3 heteroatoms. The van der Waals surface area contributed by atoms with Gasteiger partial charge in [-0.25, -0.2) is 0 Å². The van der Waals surface area contributed by atoms with Crippen molar-refractivity contribution in [1.82, 2.24) is 0 Å². The molecule has 0 atom stereocenters. The van der Waals surface area contributed by atoms with Gasteiger partial charge in [0.05, 0.1) is 13.5 Å². The molecule has 0 fully saturated rings. The third-order valence-electron chi connectivity index (χ3n) is 1.95. The van der Waals surface area contributed by atoms with Crippen LogP contribution in [-0.4, -0.2) is 13.1 Å². The predicted octanol–water partition coefficient (Wildman–Crippen LogP) is 2.76. The van der Waals surface area contributed by atoms with Gasteiger partial charge in [0.15, 0.2) is 0 Å². The second-order valence-electron chi connectivity index (χ2n) is 4.27. The lowest BCUT2D eigenvalue weighted by Crippen LogP contribution is -2.08. The van der Waals surface area contributed by atoms with Gasteiger partial charge in [0.25, 0.3) is 0 Å². The van der Waals surface area contributed by atoms with Crippen molar-refractivity contribution in [1.29, 1.82) is 0 Å². The Morgan fingerprint density at radius 2 is 2.07 bits per heavy atom. The van der Waals surface area contributed by atoms with E-state index in [4.69, 9.17) is 0 Å². The van der Waals surface area contributed by atoms with Crippen LogP contribution in [0.1, 0.15) is 30.5 Å². The van der Waals surface area contributed by atoms with E-state index in [1.165, 1.54) is 12.0 Å². The Balaban J connectivity index is 2.74. The van der Waals surface area contributed by atoms with E-state index in [-0.39, 0.29) is 11.4 Å². The van der Waals surface area contributed by atoms with Crippen LogP contribution in [0.3, 0.4) is 0 Å². The Hall–Kier alpha value is -0.830. The molecule has 0 unspecified atom stereocenters. The summed E-state index contributed by atoms with van der Waals surface area (Å²) < 4.78 is 4.62. The van der Waals surface area contributed by atoms with E-state index < -0.39 is 0 Å². The molecule has 0 aromatic carbocycles. The van der Waals surface area contributed by atoms with E-state index in [1.54, 1.807) is 11.3 Å². The largest absolute Gasteiger partial charge is 0.469 e. The highest BCUT2D eigenvalue weighted by molar-refractivity contribution is 7.12. The van der Waals surface area contributed by atoms with Crippen LogP contribution in [-0.2, 0) is 21.4 Å². The molecule has 0 spiro atoms. The number of ether oxygens (including phenoxy) is 1. The van der Waals surface area contributed by atoms with Crippen LogP contribution in [0.25, 0.3) is 0 Å². The number of carbonyl (C=O) groups excluding carboxylic acids is 1. The molecule has 1 rings (SSSR count). The van der Waals surface area contributed by atoms with Gasteiger partial charge in [0, 0.05) is 9.75 Å². The summed E-state index contributed by atoms with van der Waals surface area (Å²) in [4.78, 5) is 13.4. The van der Waals surface area contributed by atoms with Crippen LogP contribution < -0.4 is 0 Å². The molecule has 0 aliphatic heterocycles. The van der Waals surface area contributed by atoms with Crippen molar-refractivity contribution < 1.29 is 9.53 Å². The fourth-order valence-electron chi connectivity index (χ4n) is 1.09. The lowest BCUT2D eigenvalue weighted by molar-refractivity contribution is -0.139. The van der Waals surface area contributed by atoms with Gasteiger partial charge in [-0.3, -0.25) is 4.79 Å². The summed E-state index contributed by atoms with van der Waals surface area (Å²) in [6, 6.07) is 4.09. The molecule has 1 aromatic rings. The Morgan fingerprint density at radius 1 is 1.43 bits per heavy atom. The fourth-order valence-corrected chi connectivity index (χ4v) is 2.14. The van der Waals surface area contributed by atoms with Gasteiger partial charge < -0.3 is 4.74 Å². The second kappa shape index (κ2) is 4.13. The first-order valence-corrected chi connectivity index (χ1v) is 5.41. The molecule has 2 nitrogen and oxygen atoms in total. The smallest absolute Gasteiger partial charge is 0.310 e. The van der Waals surface area contributed by atoms with Crippen molar-refractivity contribution in [3.05, 3.63) is 21.9 Å². The van der Waals surface area contributed by atoms with Crippen LogP contribution in [0.2, 0.25) is 0 Å². The molecule has 1 heterocycles. The molecule has 0 bridgehead atoms. The van der Waals surface area contributed by atoms with Crippen molar-refractivity contribution >= 4 is 17.3 Å². The monoisotopic (exact) mass is 212 g/mol. The van der Waals surface area contributed by atoms with Crippen LogP contribution in [0, 0.1) is 0 Å². The van der Waals surface area contributed by atoms with E-state index in [1.807, 2.05) is 6.07 Å². The molecule has 78 valence electrons. The minimum atomic E-state index is -0.174. The fraction of sp³-hybridized carbons (Fsp3) is 0.545. The summed E-state index contributed by atoms with van der Waals surface area (Å²) in [7, 11) is 1.42. The van der Waals surface area contributed by atoms with E-state index >= 15 is 0 Å². The summed E-state index contributed by atoms with van der Waals surface area (Å²) in [5.74, 6) is -0.174. The molecule has 14 heavy (non-hydrogen) atoms. The lowest BCUT2D eigenvalue weighted by Gasteiger charge is -2.15. The Kier molecular flexibility index (Phi) is 3.32. The predicted molar refractivity (Wildman–Crippen MR) is 58.7 cm³/mol. The molecular formula is C11H16O2S. The third kappa shape index (κ3) is 2.84. The lowest BCUT2D eigenvalue weighted by atomic mass is 9.95. The minimum absolute atomic E-state index is 0.166. The molecule has 0 saturated carbocycles. The highest BCUT2D eigenvalue weighted by atomic mass is 32.1. The molecule has 0 aliphatic rings. The number of carbonyl (C=O) groups is 1. The number of methoxy groups -OCH3 is 1. The topological polar surface area (TPSA) is 26.3 Å². The summed E-state index contributed by atoms with van der Waals surface area (Å²) >= 11 is 1.68. The van der Waals surface area contributed by atoms with E-state index in [0.717, 1.165) is 4.88 Å². The summed E-state index contributed by atoms with van der Waals surface area (Å²) in [5, 5.41) is 0. The molecule has 1 aromatic heterocycles. The third-order valence-corrected chi connectivity index (χ3v) is 3.46. The van der Waals surface area contributed by atoms with E-state index in [9.17, 15) is 4.79 Å². The van der Waals surface area contributed by atoms with Gasteiger partial charge in [-0.05, 0) is 17.5 Å². The van der Waals surface area contributed by atoms with Gasteiger partial charge in [-0.2, -0.15) is 0 Å². The zero-order chi connectivity index (χ0) is 10.8. The summed E-state index contributed by atoms with van der Waals surface area (Å²) in [6.07, 6.45) is 0.386. The quantitative estimate of drug-likeness (QED) is 0.705. The molecule has 0 saturated heterocycles. The molecule has 0 amide bonds. The molecular weight excluding hydrogens is 196 g/mol. The van der Waals surface area contributed by atoms with Crippen LogP contribution in [0.4, 0.5) is 0 Å². The average molecular weight is 212 g/mol. The van der Waals surface area contributed by atoms with Crippen LogP contribution >= 0.6 is 11.3 Å². The molecule has 0 N–H and O–H groups in total. The maximum Gasteiger partial charge on any atom is 0.310 e. The number of rotatable bonds is 2. The summed E-state index contributed by atoms with van der Waals surface area (Å²) in [5.41, 5.74) is 0.166. The highest BCUT2D eigenvalue weighted by Gasteiger charge is 2.16. The second-order valence-corrected chi connectivity index (χ2v) is 5.44. The summed E-state index contributed by atoms with van der Waals surface area (Å²) in [6.45, 7) is 6.50. The first-order chi connectivity index (χ1) is 6.43. The van der Waals surface area contributed by atoms with E-state index in [2.05, 4.69) is 31.6 Å². The van der Waals surface area contributed by atoms with Crippen molar-refractivity contribution in [3.63, 3.8) is 0 Å². The first kappa shape index (κ1) is 11.2. The zero-order valence-corrected chi connectivity index (χ0v) is 9.90. The van der Waals surface area contributed by atoms with E-state index in [0.29, 0.717) is 6.42 Å². The van der Waals surface area contributed by atoms with Crippen molar-refractivity contribution in [2.45, 2.75) is 32.6 Å². The number of esters is 1. The van der Waals surface area contributed by atoms with Crippen molar-refractivity contribution in [2.75, 3.05) is 7.11 Å². The molecule has 0 radical (unpaired) electrons. The number of hydrogen-bond donors (Lipinski definition) is 0. The minimum Gasteiger partial charge on any atom is -0.469 e. The van der Waals surface area contributed by atoms with Crippen molar-refractivity contribution in [2.24, 2.45) is 0 Å². The zero-order valence-electron chi connectivity index (χ0n) is 9.09. The normalized spacial score (nSPS) is 11.4. The van der Waals surface area contributed by atoms with Gasteiger partial charge in [-0.1, -0.05) is 20.8 Å².